The van der Waals surface area contributed by atoms with E-state index < -0.39 is 0 Å². The summed E-state index contributed by atoms with van der Waals surface area (Å²) in [5.41, 5.74) is 3.01. The van der Waals surface area contributed by atoms with Crippen LogP contribution in [0.4, 0.5) is 0 Å². The van der Waals surface area contributed by atoms with Crippen LogP contribution in [-0.2, 0) is 0 Å². The zero-order valence-corrected chi connectivity index (χ0v) is 12.2. The summed E-state index contributed by atoms with van der Waals surface area (Å²) in [6.07, 6.45) is 0. The molecule has 0 fully saturated rings. The van der Waals surface area contributed by atoms with E-state index in [1.807, 2.05) is 39.0 Å². The minimum absolute atomic E-state index is 0.144. The molecule has 0 saturated carbocycles. The smallest absolute Gasteiger partial charge is 0.174 e. The van der Waals surface area contributed by atoms with Gasteiger partial charge in [0.1, 0.15) is 5.01 Å². The molecule has 0 saturated heterocycles. The number of carbonyl (C=O) groups excluding carboxylic acids is 1. The van der Waals surface area contributed by atoms with Crippen molar-refractivity contribution in [2.24, 2.45) is 0 Å². The van der Waals surface area contributed by atoms with E-state index in [-0.39, 0.29) is 5.78 Å². The third-order valence-electron chi connectivity index (χ3n) is 2.52. The quantitative estimate of drug-likeness (QED) is 0.634. The number of hydrogen-bond donors (Lipinski definition) is 0. The maximum absolute atomic E-state index is 12.1. The van der Waals surface area contributed by atoms with E-state index in [2.05, 4.69) is 10.2 Å². The number of nitrogens with zero attached hydrogens (tertiary/aromatic N) is 2. The number of hydrogen-bond acceptors (Lipinski definition) is 5. The van der Waals surface area contributed by atoms with E-state index in [0.29, 0.717) is 5.75 Å². The van der Waals surface area contributed by atoms with Crippen LogP contribution < -0.4 is 0 Å². The lowest BCUT2D eigenvalue weighted by atomic mass is 10.0. The maximum atomic E-state index is 12.1. The highest BCUT2D eigenvalue weighted by Crippen LogP contribution is 2.23. The van der Waals surface area contributed by atoms with Crippen molar-refractivity contribution in [3.05, 3.63) is 39.9 Å². The van der Waals surface area contributed by atoms with E-state index in [9.17, 15) is 4.79 Å². The van der Waals surface area contributed by atoms with Crippen LogP contribution in [0.25, 0.3) is 0 Å². The topological polar surface area (TPSA) is 42.9 Å². The molecular formula is C13H14N2OS2. The summed E-state index contributed by atoms with van der Waals surface area (Å²) in [5, 5.41) is 8.86. The van der Waals surface area contributed by atoms with Crippen LogP contribution in [0.2, 0.25) is 0 Å². The normalized spacial score (nSPS) is 10.6. The first-order valence-corrected chi connectivity index (χ1v) is 7.40. The molecule has 0 aliphatic heterocycles. The van der Waals surface area contributed by atoms with Gasteiger partial charge < -0.3 is 0 Å². The SMILES string of the molecule is Cc1ccc(C(=O)CSc2nnc(C)s2)c(C)c1. The maximum Gasteiger partial charge on any atom is 0.174 e. The highest BCUT2D eigenvalue weighted by Gasteiger charge is 2.11. The van der Waals surface area contributed by atoms with Crippen LogP contribution in [0, 0.1) is 20.8 Å². The molecule has 0 radical (unpaired) electrons. The molecule has 0 unspecified atom stereocenters. The minimum atomic E-state index is 0.144. The van der Waals surface area contributed by atoms with Crippen molar-refractivity contribution >= 4 is 28.9 Å². The van der Waals surface area contributed by atoms with Crippen molar-refractivity contribution in [1.82, 2.24) is 10.2 Å². The van der Waals surface area contributed by atoms with E-state index in [1.165, 1.54) is 28.7 Å². The van der Waals surface area contributed by atoms with Gasteiger partial charge in [0.25, 0.3) is 0 Å². The number of aromatic nitrogens is 2. The zero-order valence-electron chi connectivity index (χ0n) is 10.6. The van der Waals surface area contributed by atoms with Crippen LogP contribution >= 0.6 is 23.1 Å². The lowest BCUT2D eigenvalue weighted by molar-refractivity contribution is 0.102. The van der Waals surface area contributed by atoms with E-state index in [1.54, 1.807) is 0 Å². The van der Waals surface area contributed by atoms with Crippen LogP contribution in [0.1, 0.15) is 26.5 Å². The summed E-state index contributed by atoms with van der Waals surface area (Å²) in [5.74, 6) is 0.559. The summed E-state index contributed by atoms with van der Waals surface area (Å²) in [6, 6.07) is 5.91. The lowest BCUT2D eigenvalue weighted by Gasteiger charge is -2.04. The molecule has 18 heavy (non-hydrogen) atoms. The van der Waals surface area contributed by atoms with Gasteiger partial charge in [0, 0.05) is 5.56 Å². The first-order chi connectivity index (χ1) is 8.56. The van der Waals surface area contributed by atoms with E-state index in [4.69, 9.17) is 0 Å². The molecule has 0 atom stereocenters. The van der Waals surface area contributed by atoms with Gasteiger partial charge in [0.15, 0.2) is 10.1 Å². The third kappa shape index (κ3) is 3.17. The first-order valence-electron chi connectivity index (χ1n) is 5.59. The molecule has 2 aromatic rings. The molecule has 0 aliphatic rings. The molecule has 3 nitrogen and oxygen atoms in total. The molecule has 94 valence electrons. The molecule has 0 spiro atoms. The Labute approximate surface area is 115 Å². The largest absolute Gasteiger partial charge is 0.293 e. The predicted octanol–water partition coefficient (Wildman–Crippen LogP) is 3.44. The van der Waals surface area contributed by atoms with Gasteiger partial charge in [-0.25, -0.2) is 0 Å². The second-order valence-corrected chi connectivity index (χ2v) is 6.52. The Balaban J connectivity index is 2.03. The highest BCUT2D eigenvalue weighted by molar-refractivity contribution is 8.01. The Morgan fingerprint density at radius 1 is 1.28 bits per heavy atom. The average Bonchev–Trinajstić information content (AvgIpc) is 2.72. The van der Waals surface area contributed by atoms with Gasteiger partial charge in [-0.05, 0) is 26.3 Å². The van der Waals surface area contributed by atoms with Crippen molar-refractivity contribution in [2.45, 2.75) is 25.1 Å². The third-order valence-corrected chi connectivity index (χ3v) is 4.49. The van der Waals surface area contributed by atoms with Gasteiger partial charge in [-0.15, -0.1) is 10.2 Å². The number of rotatable bonds is 4. The number of carbonyl (C=O) groups is 1. The molecule has 1 aromatic carbocycles. The number of Topliss-reactive ketones (excluding diaryl/α,β-unsaturated/α-hetero) is 1. The Bertz CT molecular complexity index is 578. The Hall–Kier alpha value is -1.20. The molecule has 1 aromatic heterocycles. The Morgan fingerprint density at radius 3 is 2.67 bits per heavy atom. The fourth-order valence-electron chi connectivity index (χ4n) is 1.67. The fraction of sp³-hybridized carbons (Fsp3) is 0.308. The highest BCUT2D eigenvalue weighted by atomic mass is 32.2. The van der Waals surface area contributed by atoms with Crippen molar-refractivity contribution in [3.8, 4) is 0 Å². The van der Waals surface area contributed by atoms with Crippen molar-refractivity contribution in [3.63, 3.8) is 0 Å². The second kappa shape index (κ2) is 5.63. The zero-order chi connectivity index (χ0) is 13.1. The molecule has 5 heteroatoms. The summed E-state index contributed by atoms with van der Waals surface area (Å²) in [7, 11) is 0. The van der Waals surface area contributed by atoms with Gasteiger partial charge in [-0.3, -0.25) is 4.79 Å². The van der Waals surface area contributed by atoms with Crippen LogP contribution in [-0.4, -0.2) is 21.7 Å². The van der Waals surface area contributed by atoms with Gasteiger partial charge in [-0.1, -0.05) is 46.9 Å². The lowest BCUT2D eigenvalue weighted by Crippen LogP contribution is -2.04. The summed E-state index contributed by atoms with van der Waals surface area (Å²) in [4.78, 5) is 12.1. The van der Waals surface area contributed by atoms with Crippen molar-refractivity contribution in [1.29, 1.82) is 0 Å². The number of aryl methyl sites for hydroxylation is 3. The summed E-state index contributed by atoms with van der Waals surface area (Å²) < 4.78 is 0.852. The number of ketones is 1. The average molecular weight is 278 g/mol. The first kappa shape index (κ1) is 13.2. The molecule has 0 bridgehead atoms. The minimum Gasteiger partial charge on any atom is -0.293 e. The van der Waals surface area contributed by atoms with Crippen LogP contribution in [0.15, 0.2) is 22.5 Å². The Morgan fingerprint density at radius 2 is 2.06 bits per heavy atom. The van der Waals surface area contributed by atoms with E-state index in [0.717, 1.165) is 20.5 Å². The summed E-state index contributed by atoms with van der Waals surface area (Å²) in [6.45, 7) is 5.91. The molecular weight excluding hydrogens is 264 g/mol. The van der Waals surface area contributed by atoms with Gasteiger partial charge in [0.2, 0.25) is 0 Å². The second-order valence-electron chi connectivity index (χ2n) is 4.12. The molecule has 1 heterocycles. The van der Waals surface area contributed by atoms with Crippen molar-refractivity contribution < 1.29 is 4.79 Å². The predicted molar refractivity (Wildman–Crippen MR) is 75.6 cm³/mol. The molecule has 0 N–H and O–H groups in total. The van der Waals surface area contributed by atoms with Crippen molar-refractivity contribution in [2.75, 3.05) is 5.75 Å². The fourth-order valence-corrected chi connectivity index (χ4v) is 3.37. The number of thioether (sulfide) groups is 1. The molecule has 0 aliphatic carbocycles. The molecule has 0 amide bonds. The molecule has 2 rings (SSSR count). The number of benzene rings is 1. The van der Waals surface area contributed by atoms with Gasteiger partial charge in [0.05, 0.1) is 5.75 Å². The Kier molecular flexibility index (Phi) is 4.14. The van der Waals surface area contributed by atoms with E-state index >= 15 is 0 Å². The van der Waals surface area contributed by atoms with Crippen LogP contribution in [0.5, 0.6) is 0 Å². The monoisotopic (exact) mass is 278 g/mol. The summed E-state index contributed by atoms with van der Waals surface area (Å²) >= 11 is 2.97. The van der Waals surface area contributed by atoms with Crippen LogP contribution in [0.3, 0.4) is 0 Å². The van der Waals surface area contributed by atoms with Gasteiger partial charge >= 0.3 is 0 Å². The standard InChI is InChI=1S/C13H14N2OS2/c1-8-4-5-11(9(2)6-8)12(16)7-17-13-15-14-10(3)18-13/h4-6H,7H2,1-3H3. The van der Waals surface area contributed by atoms with Gasteiger partial charge in [-0.2, -0.15) is 0 Å².